The predicted octanol–water partition coefficient (Wildman–Crippen LogP) is 2.02. The fraction of sp³-hybridized carbons (Fsp3) is 0.235. The monoisotopic (exact) mass is 299 g/mol. The van der Waals surface area contributed by atoms with Crippen LogP contribution in [0.4, 0.5) is 0 Å². The number of amides is 1. The number of benzene rings is 2. The lowest BCUT2D eigenvalue weighted by Crippen LogP contribution is -2.24. The van der Waals surface area contributed by atoms with Gasteiger partial charge in [0.05, 0.1) is 6.42 Å². The predicted molar refractivity (Wildman–Crippen MR) is 81.1 cm³/mol. The van der Waals surface area contributed by atoms with Crippen molar-refractivity contribution in [2.75, 3.05) is 13.2 Å². The van der Waals surface area contributed by atoms with Crippen LogP contribution in [0.15, 0.2) is 42.5 Å². The Morgan fingerprint density at radius 2 is 1.68 bits per heavy atom. The number of carbonyl (C=O) groups excluding carboxylic acids is 1. The third kappa shape index (κ3) is 3.49. The number of hydrogen-bond acceptors (Lipinski definition) is 4. The van der Waals surface area contributed by atoms with Crippen LogP contribution in [0, 0.1) is 0 Å². The van der Waals surface area contributed by atoms with Gasteiger partial charge in [-0.2, -0.15) is 0 Å². The van der Waals surface area contributed by atoms with Gasteiger partial charge in [0.2, 0.25) is 5.91 Å². The van der Waals surface area contributed by atoms with Crippen molar-refractivity contribution in [2.24, 2.45) is 0 Å². The number of phenols is 1. The maximum absolute atomic E-state index is 11.9. The maximum atomic E-state index is 11.9. The SMILES string of the molecule is O=C(Cc1ccc(O)cc1)NCc1ccc2c(c1)OCCO2. The van der Waals surface area contributed by atoms with E-state index in [9.17, 15) is 9.90 Å². The van der Waals surface area contributed by atoms with E-state index in [-0.39, 0.29) is 18.1 Å². The van der Waals surface area contributed by atoms with Crippen LogP contribution in [0.3, 0.4) is 0 Å². The highest BCUT2D eigenvalue weighted by atomic mass is 16.6. The normalized spacial score (nSPS) is 12.7. The molecule has 2 N–H and O–H groups in total. The first-order valence-corrected chi connectivity index (χ1v) is 7.14. The van der Waals surface area contributed by atoms with Crippen LogP contribution in [0.5, 0.6) is 17.2 Å². The van der Waals surface area contributed by atoms with Gasteiger partial charge in [0.15, 0.2) is 11.5 Å². The van der Waals surface area contributed by atoms with Gasteiger partial charge in [0, 0.05) is 6.54 Å². The average Bonchev–Trinajstić information content (AvgIpc) is 2.55. The molecule has 0 unspecified atom stereocenters. The first kappa shape index (κ1) is 14.3. The Balaban J connectivity index is 1.55. The lowest BCUT2D eigenvalue weighted by Gasteiger charge is -2.19. The Labute approximate surface area is 128 Å². The second-order valence-corrected chi connectivity index (χ2v) is 5.10. The summed E-state index contributed by atoms with van der Waals surface area (Å²) in [7, 11) is 0. The Bertz CT molecular complexity index is 667. The van der Waals surface area contributed by atoms with E-state index in [0.717, 1.165) is 22.6 Å². The molecule has 1 aliphatic heterocycles. The fourth-order valence-electron chi connectivity index (χ4n) is 2.26. The van der Waals surface area contributed by atoms with Crippen LogP contribution >= 0.6 is 0 Å². The zero-order valence-electron chi connectivity index (χ0n) is 12.0. The van der Waals surface area contributed by atoms with E-state index < -0.39 is 0 Å². The molecule has 0 saturated heterocycles. The molecule has 5 nitrogen and oxygen atoms in total. The topological polar surface area (TPSA) is 67.8 Å². The van der Waals surface area contributed by atoms with Crippen molar-refractivity contribution in [2.45, 2.75) is 13.0 Å². The lowest BCUT2D eigenvalue weighted by molar-refractivity contribution is -0.120. The molecule has 3 rings (SSSR count). The van der Waals surface area contributed by atoms with Crippen molar-refractivity contribution < 1.29 is 19.4 Å². The molecule has 0 radical (unpaired) electrons. The minimum absolute atomic E-state index is 0.0689. The molecule has 2 aromatic carbocycles. The number of hydrogen-bond donors (Lipinski definition) is 2. The largest absolute Gasteiger partial charge is 0.508 e. The number of ether oxygens (including phenoxy) is 2. The van der Waals surface area contributed by atoms with Crippen LogP contribution in [0.25, 0.3) is 0 Å². The molecule has 1 amide bonds. The van der Waals surface area contributed by atoms with Crippen molar-refractivity contribution >= 4 is 5.91 Å². The summed E-state index contributed by atoms with van der Waals surface area (Å²) in [5.41, 5.74) is 1.82. The van der Waals surface area contributed by atoms with Gasteiger partial charge in [-0.15, -0.1) is 0 Å². The molecule has 114 valence electrons. The number of fused-ring (bicyclic) bond motifs is 1. The van der Waals surface area contributed by atoms with E-state index in [4.69, 9.17) is 9.47 Å². The van der Waals surface area contributed by atoms with Crippen molar-refractivity contribution in [3.8, 4) is 17.2 Å². The summed E-state index contributed by atoms with van der Waals surface area (Å²) < 4.78 is 11.0. The van der Waals surface area contributed by atoms with Gasteiger partial charge in [0.25, 0.3) is 0 Å². The first-order valence-electron chi connectivity index (χ1n) is 7.14. The summed E-state index contributed by atoms with van der Waals surface area (Å²) in [6.45, 7) is 1.55. The highest BCUT2D eigenvalue weighted by Crippen LogP contribution is 2.30. The molecule has 1 aliphatic rings. The Hall–Kier alpha value is -2.69. The minimum atomic E-state index is -0.0689. The number of phenolic OH excluding ortho intramolecular Hbond substituents is 1. The van der Waals surface area contributed by atoms with Gasteiger partial charge in [-0.3, -0.25) is 4.79 Å². The van der Waals surface area contributed by atoms with Gasteiger partial charge in [-0.1, -0.05) is 18.2 Å². The Kier molecular flexibility index (Phi) is 4.14. The van der Waals surface area contributed by atoms with Crippen molar-refractivity contribution in [3.05, 3.63) is 53.6 Å². The molecular formula is C17H17NO4. The van der Waals surface area contributed by atoms with Crippen molar-refractivity contribution in [1.82, 2.24) is 5.32 Å². The summed E-state index contributed by atoms with van der Waals surface area (Å²) in [4.78, 5) is 11.9. The number of aromatic hydroxyl groups is 1. The minimum Gasteiger partial charge on any atom is -0.508 e. The molecule has 1 heterocycles. The van der Waals surface area contributed by atoms with Gasteiger partial charge >= 0.3 is 0 Å². The first-order chi connectivity index (χ1) is 10.7. The van der Waals surface area contributed by atoms with Crippen LogP contribution in [-0.4, -0.2) is 24.2 Å². The molecule has 0 aliphatic carbocycles. The summed E-state index contributed by atoms with van der Waals surface area (Å²) >= 11 is 0. The van der Waals surface area contributed by atoms with E-state index in [2.05, 4.69) is 5.32 Å². The van der Waals surface area contributed by atoms with Crippen LogP contribution in [-0.2, 0) is 17.8 Å². The van der Waals surface area contributed by atoms with Gasteiger partial charge in [-0.25, -0.2) is 0 Å². The number of rotatable bonds is 4. The molecule has 22 heavy (non-hydrogen) atoms. The third-order valence-corrected chi connectivity index (χ3v) is 3.40. The number of nitrogens with one attached hydrogen (secondary N) is 1. The van der Waals surface area contributed by atoms with Crippen LogP contribution < -0.4 is 14.8 Å². The van der Waals surface area contributed by atoms with Gasteiger partial charge < -0.3 is 19.9 Å². The smallest absolute Gasteiger partial charge is 0.224 e. The highest BCUT2D eigenvalue weighted by molar-refractivity contribution is 5.78. The van der Waals surface area contributed by atoms with E-state index in [1.165, 1.54) is 0 Å². The van der Waals surface area contributed by atoms with Crippen LogP contribution in [0.1, 0.15) is 11.1 Å². The molecule has 0 spiro atoms. The van der Waals surface area contributed by atoms with Gasteiger partial charge in [-0.05, 0) is 35.4 Å². The molecule has 0 saturated carbocycles. The second-order valence-electron chi connectivity index (χ2n) is 5.10. The molecule has 2 aromatic rings. The lowest BCUT2D eigenvalue weighted by atomic mass is 10.1. The molecule has 0 aromatic heterocycles. The Morgan fingerprint density at radius 1 is 1.00 bits per heavy atom. The zero-order valence-corrected chi connectivity index (χ0v) is 12.0. The molecule has 5 heteroatoms. The number of carbonyl (C=O) groups is 1. The van der Waals surface area contributed by atoms with Crippen molar-refractivity contribution in [1.29, 1.82) is 0 Å². The van der Waals surface area contributed by atoms with E-state index >= 15 is 0 Å². The molecular weight excluding hydrogens is 282 g/mol. The van der Waals surface area contributed by atoms with E-state index in [1.807, 2.05) is 18.2 Å². The zero-order chi connectivity index (χ0) is 15.4. The quantitative estimate of drug-likeness (QED) is 0.906. The Morgan fingerprint density at radius 3 is 2.45 bits per heavy atom. The maximum Gasteiger partial charge on any atom is 0.224 e. The third-order valence-electron chi connectivity index (χ3n) is 3.40. The average molecular weight is 299 g/mol. The van der Waals surface area contributed by atoms with E-state index in [0.29, 0.717) is 19.8 Å². The summed E-state index contributed by atoms with van der Waals surface area (Å²) in [6, 6.07) is 12.3. The highest BCUT2D eigenvalue weighted by Gasteiger charge is 2.12. The van der Waals surface area contributed by atoms with E-state index in [1.54, 1.807) is 24.3 Å². The molecule has 0 fully saturated rings. The van der Waals surface area contributed by atoms with Gasteiger partial charge in [0.1, 0.15) is 19.0 Å². The summed E-state index contributed by atoms with van der Waals surface area (Å²) in [5.74, 6) is 1.59. The standard InChI is InChI=1S/C17H17NO4/c19-14-4-1-12(2-5-14)10-17(20)18-11-13-3-6-15-16(9-13)22-8-7-21-15/h1-6,9,19H,7-8,10-11H2,(H,18,20). The van der Waals surface area contributed by atoms with Crippen LogP contribution in [0.2, 0.25) is 0 Å². The molecule has 0 atom stereocenters. The summed E-state index contributed by atoms with van der Waals surface area (Å²) in [5, 5.41) is 12.1. The fourth-order valence-corrected chi connectivity index (χ4v) is 2.26. The second kappa shape index (κ2) is 6.39. The van der Waals surface area contributed by atoms with Crippen molar-refractivity contribution in [3.63, 3.8) is 0 Å². The molecule has 0 bridgehead atoms. The summed E-state index contributed by atoms with van der Waals surface area (Å²) in [6.07, 6.45) is 0.283.